The number of rotatable bonds is 3. The van der Waals surface area contributed by atoms with Gasteiger partial charge in [0.2, 0.25) is 5.43 Å². The number of hydrogen-bond acceptors (Lipinski definition) is 6. The number of carbonyl (C=O) groups excluding carboxylic acids is 1. The highest BCUT2D eigenvalue weighted by Crippen LogP contribution is 2.42. The Morgan fingerprint density at radius 2 is 1.73 bits per heavy atom. The summed E-state index contributed by atoms with van der Waals surface area (Å²) in [5.74, 6) is -0.266. The molecule has 2 aromatic carbocycles. The van der Waals surface area contributed by atoms with Crippen molar-refractivity contribution in [3.8, 4) is 5.75 Å². The summed E-state index contributed by atoms with van der Waals surface area (Å²) in [7, 11) is 0. The van der Waals surface area contributed by atoms with E-state index >= 15 is 0 Å². The number of aliphatic hydroxyl groups is 1. The average Bonchev–Trinajstić information content (AvgIpc) is 2.94. The van der Waals surface area contributed by atoms with E-state index in [9.17, 15) is 19.8 Å². The molecule has 1 amide bonds. The van der Waals surface area contributed by atoms with Gasteiger partial charge >= 0.3 is 0 Å². The Kier molecular flexibility index (Phi) is 5.22. The normalized spacial score (nSPS) is 17.8. The van der Waals surface area contributed by atoms with Gasteiger partial charge in [-0.3, -0.25) is 19.3 Å². The summed E-state index contributed by atoms with van der Waals surface area (Å²) in [5, 5.41) is 23.1. The molecule has 2 N–H and O–H groups in total. The smallest absolute Gasteiger partial charge is 0.277 e. The second kappa shape index (κ2) is 7.97. The van der Waals surface area contributed by atoms with Crippen LogP contribution in [0.25, 0.3) is 0 Å². The van der Waals surface area contributed by atoms with Gasteiger partial charge in [0.1, 0.15) is 6.67 Å². The first-order chi connectivity index (χ1) is 15.7. The molecule has 33 heavy (non-hydrogen) atoms. The Balaban J connectivity index is 1.75. The van der Waals surface area contributed by atoms with E-state index < -0.39 is 22.7 Å². The molecule has 1 aromatic heterocycles. The van der Waals surface area contributed by atoms with Crippen molar-refractivity contribution < 1.29 is 15.0 Å². The van der Waals surface area contributed by atoms with Crippen LogP contribution < -0.4 is 10.4 Å². The van der Waals surface area contributed by atoms with Gasteiger partial charge in [0, 0.05) is 22.9 Å². The van der Waals surface area contributed by atoms with Gasteiger partial charge in [-0.2, -0.15) is 0 Å². The lowest BCUT2D eigenvalue weighted by molar-refractivity contribution is 0.0234. The molecule has 0 spiro atoms. The van der Waals surface area contributed by atoms with Gasteiger partial charge in [0.25, 0.3) is 5.91 Å². The van der Waals surface area contributed by atoms with Crippen LogP contribution in [0.5, 0.6) is 5.75 Å². The molecule has 2 aliphatic heterocycles. The van der Waals surface area contributed by atoms with Gasteiger partial charge < -0.3 is 15.1 Å². The lowest BCUT2D eigenvalue weighted by Gasteiger charge is -2.45. The Hall–Kier alpha value is -3.23. The summed E-state index contributed by atoms with van der Waals surface area (Å²) < 4.78 is 1.59. The molecule has 3 aromatic rings. The lowest BCUT2D eigenvalue weighted by Crippen LogP contribution is -2.58. The standard InChI is InChI=1S/C25H25N3O4S/c1-25(2,32)14-26-15-28(27-12-11-19(29)23(30)22(27)24(26)31)21-17-8-4-3-7-16(17)13-33-20-10-6-5-9-18(20)21/h3-12,21,30,32H,13-15H2,1-2H3. The van der Waals surface area contributed by atoms with Gasteiger partial charge in [-0.1, -0.05) is 42.5 Å². The van der Waals surface area contributed by atoms with Crippen molar-refractivity contribution in [2.45, 2.75) is 36.1 Å². The summed E-state index contributed by atoms with van der Waals surface area (Å²) in [6.45, 7) is 3.49. The molecule has 5 rings (SSSR count). The van der Waals surface area contributed by atoms with Crippen LogP contribution >= 0.6 is 11.8 Å². The second-order valence-corrected chi connectivity index (χ2v) is 10.1. The number of benzene rings is 2. The number of aromatic hydroxyl groups is 1. The number of aromatic nitrogens is 1. The van der Waals surface area contributed by atoms with Gasteiger partial charge in [0.15, 0.2) is 11.4 Å². The van der Waals surface area contributed by atoms with E-state index in [0.717, 1.165) is 21.8 Å². The Bertz CT molecular complexity index is 1250. The number of β-amino-alcohol motifs (C(OH)–C–C–N with tert-alkyl or cyclic N) is 1. The third kappa shape index (κ3) is 3.79. The van der Waals surface area contributed by atoms with E-state index in [1.807, 2.05) is 29.3 Å². The fourth-order valence-corrected chi connectivity index (χ4v) is 5.69. The molecule has 0 radical (unpaired) electrons. The van der Waals surface area contributed by atoms with Gasteiger partial charge in [-0.15, -0.1) is 11.8 Å². The molecule has 0 saturated heterocycles. The molecular formula is C25H25N3O4S. The van der Waals surface area contributed by atoms with Crippen molar-refractivity contribution in [1.29, 1.82) is 0 Å². The zero-order valence-electron chi connectivity index (χ0n) is 18.4. The molecule has 0 aliphatic carbocycles. The van der Waals surface area contributed by atoms with Crippen molar-refractivity contribution in [2.24, 2.45) is 0 Å². The van der Waals surface area contributed by atoms with Crippen LogP contribution in [0.3, 0.4) is 0 Å². The Labute approximate surface area is 195 Å². The first-order valence-corrected chi connectivity index (χ1v) is 11.8. The van der Waals surface area contributed by atoms with Crippen molar-refractivity contribution in [3.63, 3.8) is 0 Å². The first kappa shape index (κ1) is 21.6. The summed E-state index contributed by atoms with van der Waals surface area (Å²) in [5.41, 5.74) is 1.50. The van der Waals surface area contributed by atoms with E-state index in [1.165, 1.54) is 16.5 Å². The van der Waals surface area contributed by atoms with Crippen molar-refractivity contribution in [2.75, 3.05) is 18.2 Å². The number of thioether (sulfide) groups is 1. The van der Waals surface area contributed by atoms with Crippen molar-refractivity contribution in [3.05, 3.63) is 93.4 Å². The predicted octanol–water partition coefficient (Wildman–Crippen LogP) is 3.07. The maximum absolute atomic E-state index is 13.3. The maximum atomic E-state index is 13.3. The number of nitrogens with zero attached hydrogens (tertiary/aromatic N) is 3. The molecular weight excluding hydrogens is 438 g/mol. The van der Waals surface area contributed by atoms with Gasteiger partial charge in [0.05, 0.1) is 18.2 Å². The highest BCUT2D eigenvalue weighted by atomic mass is 32.2. The number of amides is 1. The van der Waals surface area contributed by atoms with Crippen LogP contribution in [-0.2, 0) is 5.75 Å². The Morgan fingerprint density at radius 3 is 2.48 bits per heavy atom. The quantitative estimate of drug-likeness (QED) is 0.621. The van der Waals surface area contributed by atoms with Crippen molar-refractivity contribution >= 4 is 17.7 Å². The summed E-state index contributed by atoms with van der Waals surface area (Å²) in [6, 6.07) is 17.4. The van der Waals surface area contributed by atoms with Crippen LogP contribution in [0.15, 0.2) is 70.5 Å². The van der Waals surface area contributed by atoms with E-state index in [4.69, 9.17) is 0 Å². The number of carbonyl (C=O) groups is 1. The average molecular weight is 464 g/mol. The third-order valence-electron chi connectivity index (χ3n) is 5.96. The zero-order valence-corrected chi connectivity index (χ0v) is 19.2. The molecule has 7 nitrogen and oxygen atoms in total. The molecule has 3 heterocycles. The van der Waals surface area contributed by atoms with Crippen LogP contribution in [0.4, 0.5) is 0 Å². The molecule has 8 heteroatoms. The summed E-state index contributed by atoms with van der Waals surface area (Å²) in [6.07, 6.45) is 1.54. The van der Waals surface area contributed by atoms with Gasteiger partial charge in [-0.25, -0.2) is 0 Å². The first-order valence-electron chi connectivity index (χ1n) is 10.8. The SMILES string of the molecule is CC(C)(O)CN1CN(C2c3ccccc3CSc3ccccc32)n2ccc(=O)c(O)c2C1=O. The fraction of sp³-hybridized carbons (Fsp3) is 0.280. The summed E-state index contributed by atoms with van der Waals surface area (Å²) in [4.78, 5) is 28.2. The number of fused-ring (bicyclic) bond motifs is 3. The van der Waals surface area contributed by atoms with Crippen LogP contribution in [0, 0.1) is 0 Å². The molecule has 2 aliphatic rings. The highest BCUT2D eigenvalue weighted by Gasteiger charge is 2.39. The zero-order chi connectivity index (χ0) is 23.3. The highest BCUT2D eigenvalue weighted by molar-refractivity contribution is 7.98. The molecule has 0 fully saturated rings. The fourth-order valence-electron chi connectivity index (χ4n) is 4.60. The third-order valence-corrected chi connectivity index (χ3v) is 7.10. The Morgan fingerprint density at radius 1 is 1.03 bits per heavy atom. The van der Waals surface area contributed by atoms with Crippen LogP contribution in [0.2, 0.25) is 0 Å². The van der Waals surface area contributed by atoms with Crippen molar-refractivity contribution in [1.82, 2.24) is 9.58 Å². The second-order valence-electron chi connectivity index (χ2n) is 9.05. The maximum Gasteiger partial charge on any atom is 0.277 e. The number of hydrogen-bond donors (Lipinski definition) is 2. The summed E-state index contributed by atoms with van der Waals surface area (Å²) >= 11 is 1.76. The topological polar surface area (TPSA) is 86.0 Å². The van der Waals surface area contributed by atoms with Gasteiger partial charge in [-0.05, 0) is 36.6 Å². The molecule has 0 saturated carbocycles. The molecule has 1 atom stereocenters. The van der Waals surface area contributed by atoms with E-state index in [0.29, 0.717) is 0 Å². The van der Waals surface area contributed by atoms with E-state index in [2.05, 4.69) is 24.3 Å². The number of pyridine rings is 1. The minimum absolute atomic E-state index is 0.0512. The minimum Gasteiger partial charge on any atom is -0.502 e. The van der Waals surface area contributed by atoms with Crippen LogP contribution in [-0.4, -0.2) is 44.5 Å². The lowest BCUT2D eigenvalue weighted by atomic mass is 9.94. The molecule has 1 unspecified atom stereocenters. The molecule has 170 valence electrons. The molecule has 0 bridgehead atoms. The van der Waals surface area contributed by atoms with E-state index in [-0.39, 0.29) is 24.9 Å². The van der Waals surface area contributed by atoms with Crippen LogP contribution in [0.1, 0.15) is 47.1 Å². The largest absolute Gasteiger partial charge is 0.502 e. The minimum atomic E-state index is -1.15. The predicted molar refractivity (Wildman–Crippen MR) is 127 cm³/mol. The monoisotopic (exact) mass is 463 g/mol. The van der Waals surface area contributed by atoms with E-state index in [1.54, 1.807) is 36.5 Å².